The lowest BCUT2D eigenvalue weighted by atomic mass is 10.1. The molecule has 2 rings (SSSR count). The van der Waals surface area contributed by atoms with E-state index in [-0.39, 0.29) is 5.56 Å². The monoisotopic (exact) mass is 273 g/mol. The molecular formula is C15H16FN3O. The summed E-state index contributed by atoms with van der Waals surface area (Å²) in [6, 6.07) is 8.18. The average molecular weight is 273 g/mol. The summed E-state index contributed by atoms with van der Waals surface area (Å²) in [4.78, 5) is 14.9. The number of pyridine rings is 1. The van der Waals surface area contributed by atoms with E-state index in [1.54, 1.807) is 18.5 Å². The third-order valence-electron chi connectivity index (χ3n) is 2.99. The maximum absolute atomic E-state index is 13.7. The van der Waals surface area contributed by atoms with E-state index in [1.165, 1.54) is 17.7 Å². The topological polar surface area (TPSA) is 68.0 Å². The molecular weight excluding hydrogens is 257 g/mol. The molecule has 3 N–H and O–H groups in total. The maximum Gasteiger partial charge on any atom is 0.248 e. The second kappa shape index (κ2) is 6.77. The van der Waals surface area contributed by atoms with Gasteiger partial charge in [0.15, 0.2) is 0 Å². The van der Waals surface area contributed by atoms with Crippen LogP contribution in [0, 0.1) is 5.82 Å². The Labute approximate surface area is 116 Å². The highest BCUT2D eigenvalue weighted by Crippen LogP contribution is 2.10. The van der Waals surface area contributed by atoms with Gasteiger partial charge in [-0.05, 0) is 42.8 Å². The number of carbonyl (C=O) groups excluding carboxylic acids is 1. The fourth-order valence-electron chi connectivity index (χ4n) is 1.85. The number of aromatic nitrogens is 1. The number of nitrogens with one attached hydrogen (secondary N) is 1. The minimum Gasteiger partial charge on any atom is -0.366 e. The number of primary amides is 1. The van der Waals surface area contributed by atoms with Crippen molar-refractivity contribution in [3.8, 4) is 0 Å². The maximum atomic E-state index is 13.7. The lowest BCUT2D eigenvalue weighted by Gasteiger charge is -2.07. The van der Waals surface area contributed by atoms with Gasteiger partial charge in [0.25, 0.3) is 0 Å². The minimum atomic E-state index is -0.624. The summed E-state index contributed by atoms with van der Waals surface area (Å²) in [6.07, 6.45) is 4.35. The molecule has 2 aromatic rings. The second-order valence-corrected chi connectivity index (χ2v) is 4.45. The van der Waals surface area contributed by atoms with Crippen LogP contribution in [-0.2, 0) is 13.0 Å². The molecule has 5 heteroatoms. The highest BCUT2D eigenvalue weighted by Gasteiger charge is 2.06. The van der Waals surface area contributed by atoms with Crippen molar-refractivity contribution in [1.29, 1.82) is 0 Å². The summed E-state index contributed by atoms with van der Waals surface area (Å²) in [5.74, 6) is -1.04. The first-order valence-corrected chi connectivity index (χ1v) is 6.34. The predicted octanol–water partition coefficient (Wildman–Crippen LogP) is 1.65. The molecule has 0 spiro atoms. The Morgan fingerprint density at radius 2 is 2.00 bits per heavy atom. The number of halogens is 1. The molecule has 20 heavy (non-hydrogen) atoms. The van der Waals surface area contributed by atoms with Crippen molar-refractivity contribution in [2.75, 3.05) is 6.54 Å². The van der Waals surface area contributed by atoms with Crippen molar-refractivity contribution in [2.24, 2.45) is 5.73 Å². The van der Waals surface area contributed by atoms with Crippen LogP contribution >= 0.6 is 0 Å². The SMILES string of the molecule is NC(=O)c1ccc(CNCCc2ccncc2)c(F)c1. The van der Waals surface area contributed by atoms with Crippen LogP contribution in [0.3, 0.4) is 0 Å². The van der Waals surface area contributed by atoms with Crippen LogP contribution < -0.4 is 11.1 Å². The molecule has 0 aliphatic carbocycles. The summed E-state index contributed by atoms with van der Waals surface area (Å²) in [5.41, 5.74) is 6.97. The van der Waals surface area contributed by atoms with Gasteiger partial charge < -0.3 is 11.1 Å². The first kappa shape index (κ1) is 14.1. The van der Waals surface area contributed by atoms with Crippen molar-refractivity contribution in [3.63, 3.8) is 0 Å². The Morgan fingerprint density at radius 1 is 1.25 bits per heavy atom. The van der Waals surface area contributed by atoms with E-state index in [0.717, 1.165) is 13.0 Å². The van der Waals surface area contributed by atoms with E-state index in [9.17, 15) is 9.18 Å². The van der Waals surface area contributed by atoms with Crippen molar-refractivity contribution >= 4 is 5.91 Å². The van der Waals surface area contributed by atoms with E-state index in [2.05, 4.69) is 10.3 Å². The summed E-state index contributed by atoms with van der Waals surface area (Å²) in [5, 5.41) is 3.16. The minimum absolute atomic E-state index is 0.183. The Bertz CT molecular complexity index is 587. The van der Waals surface area contributed by atoms with E-state index in [4.69, 9.17) is 5.73 Å². The van der Waals surface area contributed by atoms with Crippen molar-refractivity contribution in [2.45, 2.75) is 13.0 Å². The van der Waals surface area contributed by atoms with Crippen molar-refractivity contribution < 1.29 is 9.18 Å². The average Bonchev–Trinajstić information content (AvgIpc) is 2.46. The number of carbonyl (C=O) groups is 1. The first-order chi connectivity index (χ1) is 9.66. The smallest absolute Gasteiger partial charge is 0.248 e. The lowest BCUT2D eigenvalue weighted by molar-refractivity contribution is 0.1000. The molecule has 0 unspecified atom stereocenters. The van der Waals surface area contributed by atoms with E-state index >= 15 is 0 Å². The first-order valence-electron chi connectivity index (χ1n) is 6.34. The van der Waals surface area contributed by atoms with Crippen LogP contribution in [-0.4, -0.2) is 17.4 Å². The zero-order valence-corrected chi connectivity index (χ0v) is 11.0. The Hall–Kier alpha value is -2.27. The zero-order chi connectivity index (χ0) is 14.4. The third kappa shape index (κ3) is 3.86. The molecule has 104 valence electrons. The quantitative estimate of drug-likeness (QED) is 0.786. The molecule has 0 fully saturated rings. The molecule has 4 nitrogen and oxygen atoms in total. The molecule has 1 heterocycles. The van der Waals surface area contributed by atoms with Crippen LogP contribution in [0.25, 0.3) is 0 Å². The number of nitrogens with two attached hydrogens (primary N) is 1. The molecule has 0 aliphatic heterocycles. The van der Waals surface area contributed by atoms with Crippen molar-refractivity contribution in [1.82, 2.24) is 10.3 Å². The van der Waals surface area contributed by atoms with Crippen LogP contribution in [0.4, 0.5) is 4.39 Å². The van der Waals surface area contributed by atoms with Crippen LogP contribution in [0.1, 0.15) is 21.5 Å². The standard InChI is InChI=1S/C15H16FN3O/c16-14-9-12(15(17)20)1-2-13(14)10-19-8-5-11-3-6-18-7-4-11/h1-4,6-7,9,19H,5,8,10H2,(H2,17,20). The Morgan fingerprint density at radius 3 is 2.65 bits per heavy atom. The number of hydrogen-bond donors (Lipinski definition) is 2. The molecule has 0 saturated carbocycles. The van der Waals surface area contributed by atoms with E-state index in [1.807, 2.05) is 12.1 Å². The molecule has 0 atom stereocenters. The fourth-order valence-corrected chi connectivity index (χ4v) is 1.85. The molecule has 0 radical (unpaired) electrons. The Balaban J connectivity index is 1.84. The van der Waals surface area contributed by atoms with Gasteiger partial charge in [0.05, 0.1) is 0 Å². The summed E-state index contributed by atoms with van der Waals surface area (Å²) in [7, 11) is 0. The van der Waals surface area contributed by atoms with Gasteiger partial charge in [0.2, 0.25) is 5.91 Å². The molecule has 1 aromatic carbocycles. The predicted molar refractivity (Wildman–Crippen MR) is 74.6 cm³/mol. The van der Waals surface area contributed by atoms with E-state index < -0.39 is 11.7 Å². The van der Waals surface area contributed by atoms with Gasteiger partial charge in [-0.15, -0.1) is 0 Å². The van der Waals surface area contributed by atoms with Crippen molar-refractivity contribution in [3.05, 3.63) is 65.2 Å². The third-order valence-corrected chi connectivity index (χ3v) is 2.99. The molecule has 1 amide bonds. The Kier molecular flexibility index (Phi) is 4.79. The molecule has 0 saturated heterocycles. The largest absolute Gasteiger partial charge is 0.366 e. The van der Waals surface area contributed by atoms with Gasteiger partial charge >= 0.3 is 0 Å². The zero-order valence-electron chi connectivity index (χ0n) is 11.0. The fraction of sp³-hybridized carbons (Fsp3) is 0.200. The van der Waals surface area contributed by atoms with Gasteiger partial charge in [0, 0.05) is 30.1 Å². The number of nitrogens with zero attached hydrogens (tertiary/aromatic N) is 1. The van der Waals surface area contributed by atoms with Gasteiger partial charge in [-0.1, -0.05) is 6.07 Å². The normalized spacial score (nSPS) is 10.4. The number of hydrogen-bond acceptors (Lipinski definition) is 3. The summed E-state index contributed by atoms with van der Waals surface area (Å²) in [6.45, 7) is 1.15. The van der Waals surface area contributed by atoms with Gasteiger partial charge in [0.1, 0.15) is 5.82 Å². The molecule has 0 bridgehead atoms. The number of rotatable bonds is 6. The summed E-state index contributed by atoms with van der Waals surface area (Å²) >= 11 is 0. The highest BCUT2D eigenvalue weighted by atomic mass is 19.1. The van der Waals surface area contributed by atoms with E-state index in [0.29, 0.717) is 12.1 Å². The lowest BCUT2D eigenvalue weighted by Crippen LogP contribution is -2.18. The number of amides is 1. The molecule has 1 aromatic heterocycles. The van der Waals surface area contributed by atoms with Gasteiger partial charge in [-0.25, -0.2) is 4.39 Å². The van der Waals surface area contributed by atoms with Crippen LogP contribution in [0.15, 0.2) is 42.7 Å². The van der Waals surface area contributed by atoms with Crippen LogP contribution in [0.5, 0.6) is 0 Å². The van der Waals surface area contributed by atoms with Gasteiger partial charge in [-0.2, -0.15) is 0 Å². The number of benzene rings is 1. The van der Waals surface area contributed by atoms with Gasteiger partial charge in [-0.3, -0.25) is 9.78 Å². The van der Waals surface area contributed by atoms with Crippen LogP contribution in [0.2, 0.25) is 0 Å². The molecule has 0 aliphatic rings. The second-order valence-electron chi connectivity index (χ2n) is 4.45. The summed E-state index contributed by atoms with van der Waals surface area (Å²) < 4.78 is 13.7. The highest BCUT2D eigenvalue weighted by molar-refractivity contribution is 5.92.